The van der Waals surface area contributed by atoms with Gasteiger partial charge in [0.2, 0.25) is 0 Å². The van der Waals surface area contributed by atoms with E-state index in [0.717, 1.165) is 16.9 Å². The zero-order valence-corrected chi connectivity index (χ0v) is 15.2. The Bertz CT molecular complexity index is 733. The van der Waals surface area contributed by atoms with E-state index in [-0.39, 0.29) is 5.91 Å². The van der Waals surface area contributed by atoms with Gasteiger partial charge in [-0.1, -0.05) is 6.07 Å². The van der Waals surface area contributed by atoms with Crippen LogP contribution in [0.15, 0.2) is 22.6 Å². The summed E-state index contributed by atoms with van der Waals surface area (Å²) in [6, 6.07) is 5.69. The number of carbonyl (C=O) groups excluding carboxylic acids is 1. The molecule has 5 heteroatoms. The van der Waals surface area contributed by atoms with Gasteiger partial charge in [0.05, 0.1) is 19.8 Å². The summed E-state index contributed by atoms with van der Waals surface area (Å²) < 4.78 is 16.2. The molecule has 0 aliphatic carbocycles. The van der Waals surface area contributed by atoms with E-state index in [0.29, 0.717) is 35.9 Å². The van der Waals surface area contributed by atoms with Gasteiger partial charge >= 0.3 is 0 Å². The fourth-order valence-corrected chi connectivity index (χ4v) is 2.79. The lowest BCUT2D eigenvalue weighted by Crippen LogP contribution is -2.31. The fourth-order valence-electron chi connectivity index (χ4n) is 2.79. The molecule has 2 rings (SSSR count). The normalized spacial score (nSPS) is 10.6. The molecule has 1 aromatic carbocycles. The van der Waals surface area contributed by atoms with E-state index in [1.165, 1.54) is 0 Å². The first-order chi connectivity index (χ1) is 11.4. The van der Waals surface area contributed by atoms with Crippen molar-refractivity contribution in [2.75, 3.05) is 20.8 Å². The Hall–Kier alpha value is -2.43. The molecule has 1 amide bonds. The van der Waals surface area contributed by atoms with Crippen LogP contribution in [-0.4, -0.2) is 31.6 Å². The van der Waals surface area contributed by atoms with E-state index in [9.17, 15) is 4.79 Å². The number of carbonyl (C=O) groups is 1. The van der Waals surface area contributed by atoms with Crippen LogP contribution in [0, 0.1) is 20.8 Å². The van der Waals surface area contributed by atoms with Crippen LogP contribution in [0.25, 0.3) is 0 Å². The molecule has 0 saturated carbocycles. The highest BCUT2D eigenvalue weighted by atomic mass is 16.5. The first kappa shape index (κ1) is 17.9. The van der Waals surface area contributed by atoms with Gasteiger partial charge in [-0.25, -0.2) is 0 Å². The molecule has 0 radical (unpaired) electrons. The number of aryl methyl sites for hydroxylation is 2. The smallest absolute Gasteiger partial charge is 0.257 e. The molecule has 0 bridgehead atoms. The second kappa shape index (κ2) is 7.43. The van der Waals surface area contributed by atoms with Crippen molar-refractivity contribution < 1.29 is 18.7 Å². The minimum absolute atomic E-state index is 0.0147. The summed E-state index contributed by atoms with van der Waals surface area (Å²) in [7, 11) is 3.21. The molecule has 0 atom stereocenters. The molecule has 2 aromatic rings. The Morgan fingerprint density at radius 3 is 2.25 bits per heavy atom. The predicted molar refractivity (Wildman–Crippen MR) is 92.9 cm³/mol. The Labute approximate surface area is 143 Å². The van der Waals surface area contributed by atoms with Crippen molar-refractivity contribution >= 4 is 5.91 Å². The highest BCUT2D eigenvalue weighted by Gasteiger charge is 2.23. The summed E-state index contributed by atoms with van der Waals surface area (Å²) in [6.07, 6.45) is 0. The standard InChI is InChI=1S/C19H25NO4/c1-7-20(19(21)18-12(2)13(3)24-14(18)4)11-15-8-9-16(22-5)17(10-15)23-6/h8-10H,7,11H2,1-6H3. The third kappa shape index (κ3) is 3.40. The molecule has 1 aromatic heterocycles. The van der Waals surface area contributed by atoms with Crippen LogP contribution in [0.3, 0.4) is 0 Å². The molecule has 0 spiro atoms. The van der Waals surface area contributed by atoms with Crippen LogP contribution in [0.1, 0.15) is 39.9 Å². The van der Waals surface area contributed by atoms with Crippen molar-refractivity contribution in [2.24, 2.45) is 0 Å². The van der Waals surface area contributed by atoms with Crippen LogP contribution < -0.4 is 9.47 Å². The van der Waals surface area contributed by atoms with Gasteiger partial charge in [0.15, 0.2) is 11.5 Å². The van der Waals surface area contributed by atoms with Crippen molar-refractivity contribution in [1.82, 2.24) is 4.90 Å². The Morgan fingerprint density at radius 2 is 1.75 bits per heavy atom. The lowest BCUT2D eigenvalue weighted by Gasteiger charge is -2.22. The molecule has 0 unspecified atom stereocenters. The largest absolute Gasteiger partial charge is 0.493 e. The number of rotatable bonds is 6. The maximum absolute atomic E-state index is 12.9. The fraction of sp³-hybridized carbons (Fsp3) is 0.421. The Morgan fingerprint density at radius 1 is 1.08 bits per heavy atom. The molecule has 1 heterocycles. The molecular weight excluding hydrogens is 306 g/mol. The number of ether oxygens (including phenoxy) is 2. The monoisotopic (exact) mass is 331 g/mol. The molecule has 5 nitrogen and oxygen atoms in total. The van der Waals surface area contributed by atoms with Gasteiger partial charge in [-0.15, -0.1) is 0 Å². The molecule has 0 N–H and O–H groups in total. The van der Waals surface area contributed by atoms with Gasteiger partial charge in [-0.2, -0.15) is 0 Å². The quantitative estimate of drug-likeness (QED) is 0.806. The van der Waals surface area contributed by atoms with E-state index >= 15 is 0 Å². The topological polar surface area (TPSA) is 51.9 Å². The highest BCUT2D eigenvalue weighted by Crippen LogP contribution is 2.29. The highest BCUT2D eigenvalue weighted by molar-refractivity contribution is 5.96. The van der Waals surface area contributed by atoms with Gasteiger partial charge in [0, 0.05) is 18.7 Å². The summed E-state index contributed by atoms with van der Waals surface area (Å²) in [5, 5.41) is 0. The van der Waals surface area contributed by atoms with E-state index in [2.05, 4.69) is 0 Å². The zero-order chi connectivity index (χ0) is 17.9. The van der Waals surface area contributed by atoms with Gasteiger partial charge < -0.3 is 18.8 Å². The predicted octanol–water partition coefficient (Wildman–Crippen LogP) is 3.88. The molecule has 130 valence electrons. The minimum Gasteiger partial charge on any atom is -0.493 e. The zero-order valence-electron chi connectivity index (χ0n) is 15.2. The summed E-state index contributed by atoms with van der Waals surface area (Å²) in [4.78, 5) is 14.7. The second-order valence-corrected chi connectivity index (χ2v) is 5.72. The number of amides is 1. The molecule has 24 heavy (non-hydrogen) atoms. The van der Waals surface area contributed by atoms with Crippen LogP contribution in [0.4, 0.5) is 0 Å². The SMILES string of the molecule is CCN(Cc1ccc(OC)c(OC)c1)C(=O)c1c(C)oc(C)c1C. The molecular formula is C19H25NO4. The van der Waals surface area contributed by atoms with Crippen LogP contribution in [-0.2, 0) is 6.54 Å². The summed E-state index contributed by atoms with van der Waals surface area (Å²) >= 11 is 0. The van der Waals surface area contributed by atoms with Crippen molar-refractivity contribution in [3.8, 4) is 11.5 Å². The molecule has 0 aliphatic heterocycles. The lowest BCUT2D eigenvalue weighted by atomic mass is 10.1. The first-order valence-corrected chi connectivity index (χ1v) is 7.99. The third-order valence-corrected chi connectivity index (χ3v) is 4.27. The van der Waals surface area contributed by atoms with Crippen molar-refractivity contribution in [1.29, 1.82) is 0 Å². The van der Waals surface area contributed by atoms with Crippen LogP contribution in [0.2, 0.25) is 0 Å². The summed E-state index contributed by atoms with van der Waals surface area (Å²) in [5.74, 6) is 2.77. The van der Waals surface area contributed by atoms with Crippen molar-refractivity contribution in [3.63, 3.8) is 0 Å². The van der Waals surface area contributed by atoms with E-state index < -0.39 is 0 Å². The average molecular weight is 331 g/mol. The van der Waals surface area contributed by atoms with Gasteiger partial charge in [-0.05, 0) is 45.4 Å². The van der Waals surface area contributed by atoms with E-state index in [4.69, 9.17) is 13.9 Å². The average Bonchev–Trinajstić information content (AvgIpc) is 2.84. The van der Waals surface area contributed by atoms with Gasteiger partial charge in [0.25, 0.3) is 5.91 Å². The number of nitrogens with zero attached hydrogens (tertiary/aromatic N) is 1. The van der Waals surface area contributed by atoms with E-state index in [1.54, 1.807) is 19.1 Å². The number of benzene rings is 1. The molecule has 0 fully saturated rings. The van der Waals surface area contributed by atoms with Gasteiger partial charge in [0.1, 0.15) is 11.5 Å². The third-order valence-electron chi connectivity index (χ3n) is 4.27. The van der Waals surface area contributed by atoms with Crippen LogP contribution >= 0.6 is 0 Å². The number of hydrogen-bond acceptors (Lipinski definition) is 4. The second-order valence-electron chi connectivity index (χ2n) is 5.72. The minimum atomic E-state index is -0.0147. The van der Waals surface area contributed by atoms with Crippen molar-refractivity contribution in [3.05, 3.63) is 46.4 Å². The first-order valence-electron chi connectivity index (χ1n) is 7.99. The number of methoxy groups -OCH3 is 2. The molecule has 0 aliphatic rings. The van der Waals surface area contributed by atoms with Gasteiger partial charge in [-0.3, -0.25) is 4.79 Å². The summed E-state index contributed by atoms with van der Waals surface area (Å²) in [6.45, 7) is 8.70. The Kier molecular flexibility index (Phi) is 5.54. The van der Waals surface area contributed by atoms with E-state index in [1.807, 2.05) is 45.9 Å². The summed E-state index contributed by atoms with van der Waals surface area (Å²) in [5.41, 5.74) is 2.55. The maximum atomic E-state index is 12.9. The number of hydrogen-bond donors (Lipinski definition) is 0. The Balaban J connectivity index is 2.27. The number of furan rings is 1. The van der Waals surface area contributed by atoms with Crippen LogP contribution in [0.5, 0.6) is 11.5 Å². The maximum Gasteiger partial charge on any atom is 0.257 e. The lowest BCUT2D eigenvalue weighted by molar-refractivity contribution is 0.0750. The molecule has 0 saturated heterocycles. The van der Waals surface area contributed by atoms with Crippen molar-refractivity contribution in [2.45, 2.75) is 34.2 Å².